The molecule has 0 atom stereocenters. The molecule has 2 N–H and O–H groups in total. The zero-order valence-corrected chi connectivity index (χ0v) is 23.9. The molecule has 212 valence electrons. The predicted octanol–water partition coefficient (Wildman–Crippen LogP) is 3.66. The Morgan fingerprint density at radius 1 is 1.21 bits per heavy atom. The van der Waals surface area contributed by atoms with Crippen LogP contribution in [0.5, 0.6) is 5.75 Å². The molecule has 11 heteroatoms. The zero-order valence-electron chi connectivity index (χ0n) is 23.1. The number of hydrogen-bond acceptors (Lipinski definition) is 7. The Bertz CT molecular complexity index is 1520. The fourth-order valence-corrected chi connectivity index (χ4v) is 6.94. The highest BCUT2D eigenvalue weighted by molar-refractivity contribution is 7.89. The van der Waals surface area contributed by atoms with Gasteiger partial charge in [-0.15, -0.1) is 0 Å². The lowest BCUT2D eigenvalue weighted by atomic mass is 9.95. The second-order valence-electron chi connectivity index (χ2n) is 10.2. The molecule has 0 radical (unpaired) electrons. The van der Waals surface area contributed by atoms with E-state index >= 15 is 0 Å². The molecule has 0 saturated carbocycles. The summed E-state index contributed by atoms with van der Waals surface area (Å²) in [5.74, 6) is 0.767. The molecule has 3 aromatic rings. The van der Waals surface area contributed by atoms with Crippen molar-refractivity contribution >= 4 is 26.8 Å². The Hall–Kier alpha value is -3.02. The molecule has 1 aliphatic heterocycles. The van der Waals surface area contributed by atoms with Crippen LogP contribution in [0.3, 0.4) is 0 Å². The van der Waals surface area contributed by atoms with Crippen LogP contribution in [0.2, 0.25) is 0 Å². The van der Waals surface area contributed by atoms with E-state index in [1.165, 1.54) is 23.4 Å². The van der Waals surface area contributed by atoms with Gasteiger partial charge in [0, 0.05) is 39.2 Å². The zero-order chi connectivity index (χ0) is 28.3. The number of ether oxygens (including phenoxy) is 1. The van der Waals surface area contributed by atoms with Gasteiger partial charge in [0.25, 0.3) is 5.56 Å². The number of piperidine rings is 1. The molecule has 2 aromatic heterocycles. The molecular weight excluding hydrogens is 520 g/mol. The van der Waals surface area contributed by atoms with Crippen LogP contribution in [-0.4, -0.2) is 64.5 Å². The largest absolute Gasteiger partial charge is 0.493 e. The molecule has 0 aliphatic carbocycles. The molecule has 3 heterocycles. The molecule has 0 amide bonds. The van der Waals surface area contributed by atoms with Gasteiger partial charge in [-0.25, -0.2) is 13.4 Å². The number of nitrogens with one attached hydrogen (secondary N) is 1. The summed E-state index contributed by atoms with van der Waals surface area (Å²) in [6.07, 6.45) is 4.14. The first-order valence-electron chi connectivity index (χ1n) is 13.6. The number of rotatable bonds is 11. The van der Waals surface area contributed by atoms with E-state index in [0.717, 1.165) is 12.8 Å². The van der Waals surface area contributed by atoms with E-state index in [-0.39, 0.29) is 23.1 Å². The lowest BCUT2D eigenvalue weighted by molar-refractivity contribution is 0.100. The molecule has 0 bridgehead atoms. The third-order valence-electron chi connectivity index (χ3n) is 7.39. The molecule has 4 rings (SSSR count). The average molecular weight is 559 g/mol. The van der Waals surface area contributed by atoms with Gasteiger partial charge in [-0.3, -0.25) is 9.59 Å². The average Bonchev–Trinajstić information content (AvgIpc) is 3.19. The van der Waals surface area contributed by atoms with Crippen molar-refractivity contribution in [1.29, 1.82) is 0 Å². The molecule has 1 aromatic carbocycles. The number of Topliss-reactive ketones (excluding diaryl/α,β-unsaturated/α-hetero) is 1. The number of aliphatic hydroxyl groups excluding tert-OH is 1. The molecule has 0 unspecified atom stereocenters. The topological polar surface area (TPSA) is 135 Å². The summed E-state index contributed by atoms with van der Waals surface area (Å²) < 4.78 is 36.2. The second-order valence-corrected chi connectivity index (χ2v) is 12.1. The normalized spacial score (nSPS) is 15.2. The van der Waals surface area contributed by atoms with E-state index in [4.69, 9.17) is 9.72 Å². The van der Waals surface area contributed by atoms with Crippen LogP contribution < -0.4 is 10.3 Å². The molecule has 39 heavy (non-hydrogen) atoms. The number of aromatic nitrogens is 3. The summed E-state index contributed by atoms with van der Waals surface area (Å²) in [5.41, 5.74) is 1.85. The van der Waals surface area contributed by atoms with Crippen molar-refractivity contribution in [2.45, 2.75) is 64.2 Å². The monoisotopic (exact) mass is 558 g/mol. The number of aliphatic hydroxyl groups is 1. The van der Waals surface area contributed by atoms with E-state index in [0.29, 0.717) is 84.9 Å². The van der Waals surface area contributed by atoms with E-state index < -0.39 is 15.6 Å². The van der Waals surface area contributed by atoms with E-state index in [1.54, 1.807) is 17.7 Å². The number of benzene rings is 1. The van der Waals surface area contributed by atoms with Crippen molar-refractivity contribution < 1.29 is 23.1 Å². The maximum absolute atomic E-state index is 13.6. The maximum atomic E-state index is 13.6. The molecule has 1 fully saturated rings. The number of aryl methyl sites for hydroxylation is 2. The predicted molar refractivity (Wildman–Crippen MR) is 150 cm³/mol. The molecule has 0 spiro atoms. The number of aromatic amines is 1. The Morgan fingerprint density at radius 2 is 1.92 bits per heavy atom. The number of hydrogen-bond donors (Lipinski definition) is 2. The lowest BCUT2D eigenvalue weighted by Crippen LogP contribution is -2.38. The maximum Gasteiger partial charge on any atom is 0.275 e. The minimum absolute atomic E-state index is 0.0935. The summed E-state index contributed by atoms with van der Waals surface area (Å²) in [4.78, 5) is 33.5. The second kappa shape index (κ2) is 12.0. The van der Waals surface area contributed by atoms with Crippen molar-refractivity contribution in [3.63, 3.8) is 0 Å². The first-order chi connectivity index (χ1) is 18.6. The molecular formula is C28H38N4O6S. The van der Waals surface area contributed by atoms with Crippen LogP contribution in [0.15, 0.2) is 27.9 Å². The number of fused-ring (bicyclic) bond motifs is 1. The third-order valence-corrected chi connectivity index (χ3v) is 9.28. The number of sulfonamides is 1. The molecule has 1 aliphatic rings. The lowest BCUT2D eigenvalue weighted by Gasteiger charge is -2.31. The quantitative estimate of drug-likeness (QED) is 0.343. The Balaban J connectivity index is 1.84. The van der Waals surface area contributed by atoms with Crippen LogP contribution in [0, 0.1) is 5.92 Å². The number of carbonyl (C=O) groups is 1. The third kappa shape index (κ3) is 5.66. The standard InChI is InChI=1S/C28H38N4O6S/c1-5-7-21-24-26(31(4)25(21)18(3)34)28(35)30-27(29-24)22-17-20(8-9-23(22)38-16-6-2)39(36,37)32-13-10-19(11-14-32)12-15-33/h8-9,17,19,33H,5-7,10-16H2,1-4H3,(H,29,30,35). The van der Waals surface area contributed by atoms with Gasteiger partial charge in [-0.05, 0) is 56.2 Å². The van der Waals surface area contributed by atoms with Gasteiger partial charge in [0.1, 0.15) is 22.6 Å². The Kier molecular flexibility index (Phi) is 8.93. The minimum atomic E-state index is -3.80. The summed E-state index contributed by atoms with van der Waals surface area (Å²) in [6.45, 7) is 6.71. The summed E-state index contributed by atoms with van der Waals surface area (Å²) in [7, 11) is -2.12. The summed E-state index contributed by atoms with van der Waals surface area (Å²) in [5, 5.41) is 9.23. The highest BCUT2D eigenvalue weighted by atomic mass is 32.2. The van der Waals surface area contributed by atoms with Gasteiger partial charge in [0.15, 0.2) is 5.78 Å². The minimum Gasteiger partial charge on any atom is -0.493 e. The van der Waals surface area contributed by atoms with Crippen LogP contribution >= 0.6 is 0 Å². The molecule has 1 saturated heterocycles. The summed E-state index contributed by atoms with van der Waals surface area (Å²) in [6, 6.07) is 4.65. The van der Waals surface area contributed by atoms with Crippen LogP contribution in [0.25, 0.3) is 22.4 Å². The van der Waals surface area contributed by atoms with E-state index in [9.17, 15) is 23.1 Å². The van der Waals surface area contributed by atoms with Crippen molar-refractivity contribution in [3.05, 3.63) is 39.8 Å². The Morgan fingerprint density at radius 3 is 2.54 bits per heavy atom. The number of ketones is 1. The van der Waals surface area contributed by atoms with Crippen molar-refractivity contribution in [2.75, 3.05) is 26.3 Å². The smallest absolute Gasteiger partial charge is 0.275 e. The van der Waals surface area contributed by atoms with Crippen molar-refractivity contribution in [3.8, 4) is 17.1 Å². The van der Waals surface area contributed by atoms with Gasteiger partial charge in [-0.2, -0.15) is 4.31 Å². The first kappa shape index (κ1) is 29.0. The fourth-order valence-electron chi connectivity index (χ4n) is 5.44. The Labute approximate surface area is 229 Å². The fraction of sp³-hybridized carbons (Fsp3) is 0.536. The number of nitrogens with zero attached hydrogens (tertiary/aromatic N) is 3. The highest BCUT2D eigenvalue weighted by Crippen LogP contribution is 2.34. The van der Waals surface area contributed by atoms with E-state index in [1.807, 2.05) is 13.8 Å². The summed E-state index contributed by atoms with van der Waals surface area (Å²) >= 11 is 0. The van der Waals surface area contributed by atoms with Gasteiger partial charge < -0.3 is 19.4 Å². The van der Waals surface area contributed by atoms with Gasteiger partial charge in [0.2, 0.25) is 10.0 Å². The SMILES string of the molecule is CCCOc1ccc(S(=O)(=O)N2CCC(CCO)CC2)cc1-c1nc2c(CCC)c(C(C)=O)n(C)c2c(=O)[nH]1. The number of H-pyrrole nitrogens is 1. The highest BCUT2D eigenvalue weighted by Gasteiger charge is 2.30. The van der Waals surface area contributed by atoms with Crippen LogP contribution in [0.1, 0.15) is 68.9 Å². The molecule has 10 nitrogen and oxygen atoms in total. The van der Waals surface area contributed by atoms with Gasteiger partial charge in [-0.1, -0.05) is 20.3 Å². The van der Waals surface area contributed by atoms with Gasteiger partial charge in [0.05, 0.1) is 22.8 Å². The van der Waals surface area contributed by atoms with Crippen LogP contribution in [-0.2, 0) is 23.5 Å². The van der Waals surface area contributed by atoms with E-state index in [2.05, 4.69) is 4.98 Å². The van der Waals surface area contributed by atoms with Crippen LogP contribution in [0.4, 0.5) is 0 Å². The first-order valence-corrected chi connectivity index (χ1v) is 15.1. The number of carbonyl (C=O) groups excluding carboxylic acids is 1. The van der Waals surface area contributed by atoms with Gasteiger partial charge >= 0.3 is 0 Å². The van der Waals surface area contributed by atoms with Crippen molar-refractivity contribution in [2.24, 2.45) is 13.0 Å². The van der Waals surface area contributed by atoms with Crippen molar-refractivity contribution in [1.82, 2.24) is 18.8 Å².